The Balaban J connectivity index is 1.55. The lowest BCUT2D eigenvalue weighted by Gasteiger charge is -2.25. The largest absolute Gasteiger partial charge is 0.462 e. The summed E-state index contributed by atoms with van der Waals surface area (Å²) >= 11 is 0. The Morgan fingerprint density at radius 3 is 2.65 bits per heavy atom. The number of imidazole rings is 1. The van der Waals surface area contributed by atoms with Crippen molar-refractivity contribution in [2.75, 3.05) is 31.4 Å². The fraction of sp³-hybridized carbons (Fsp3) is 0.500. The molecule has 0 spiro atoms. The SMILES string of the molecule is CNc1nc(N)nc2c1ncn2[C@@H]1O[C@H](COP(=O)(N[C@H](C)C(=O)OC(C)C)Oc2ccccc2)[C@@H](O)[C@@H]1CF. The van der Waals surface area contributed by atoms with E-state index in [1.807, 2.05) is 0 Å². The van der Waals surface area contributed by atoms with Gasteiger partial charge in [-0.15, -0.1) is 0 Å². The van der Waals surface area contributed by atoms with Gasteiger partial charge in [0.05, 0.1) is 37.7 Å². The van der Waals surface area contributed by atoms with Crippen LogP contribution in [0.4, 0.5) is 16.2 Å². The molecule has 0 amide bonds. The normalized spacial score (nSPS) is 23.2. The minimum Gasteiger partial charge on any atom is -0.462 e. The summed E-state index contributed by atoms with van der Waals surface area (Å²) in [5.74, 6) is -1.17. The van der Waals surface area contributed by atoms with E-state index >= 15 is 0 Å². The van der Waals surface area contributed by atoms with Crippen molar-refractivity contribution in [1.29, 1.82) is 0 Å². The van der Waals surface area contributed by atoms with Crippen LogP contribution in [0.3, 0.4) is 0 Å². The standard InChI is InChI=1S/C24H33FN7O7P/c1-13(2)37-23(34)14(3)31-40(35,39-15-8-6-5-7-9-15)36-11-17-19(33)16(10-25)22(38-17)32-12-28-18-20(27-4)29-24(26)30-21(18)32/h5-9,12-14,16-17,19,22,33H,10-11H2,1-4H3,(H,31,35)(H3,26,27,29,30)/t14-,16+,17-,19+,22-,40?/m1/s1. The van der Waals surface area contributed by atoms with Crippen molar-refractivity contribution in [3.05, 3.63) is 36.7 Å². The van der Waals surface area contributed by atoms with E-state index in [-0.39, 0.29) is 17.3 Å². The Morgan fingerprint density at radius 2 is 2.00 bits per heavy atom. The molecule has 1 fully saturated rings. The smallest absolute Gasteiger partial charge is 0.459 e. The predicted molar refractivity (Wildman–Crippen MR) is 143 cm³/mol. The van der Waals surface area contributed by atoms with Gasteiger partial charge in [0.1, 0.15) is 24.1 Å². The minimum absolute atomic E-state index is 0.0379. The number of benzene rings is 1. The van der Waals surface area contributed by atoms with Crippen LogP contribution in [-0.4, -0.2) is 75.3 Å². The van der Waals surface area contributed by atoms with Crippen LogP contribution in [0, 0.1) is 5.92 Å². The van der Waals surface area contributed by atoms with E-state index in [2.05, 4.69) is 25.4 Å². The first-order valence-electron chi connectivity index (χ1n) is 12.6. The molecule has 16 heteroatoms. The molecule has 3 aromatic rings. The molecular weight excluding hydrogens is 548 g/mol. The van der Waals surface area contributed by atoms with Crippen molar-refractivity contribution in [2.45, 2.75) is 51.4 Å². The van der Waals surface area contributed by atoms with Gasteiger partial charge in [-0.2, -0.15) is 15.1 Å². The van der Waals surface area contributed by atoms with Crippen LogP contribution in [0.2, 0.25) is 0 Å². The average Bonchev–Trinajstić information content (AvgIpc) is 3.47. The van der Waals surface area contributed by atoms with E-state index in [9.17, 15) is 18.9 Å². The lowest BCUT2D eigenvalue weighted by atomic mass is 10.0. The third-order valence-corrected chi connectivity index (χ3v) is 7.71. The third kappa shape index (κ3) is 6.50. The van der Waals surface area contributed by atoms with Gasteiger partial charge in [-0.1, -0.05) is 18.2 Å². The fourth-order valence-electron chi connectivity index (χ4n) is 4.18. The average molecular weight is 582 g/mol. The Morgan fingerprint density at radius 1 is 1.27 bits per heavy atom. The molecule has 14 nitrogen and oxygen atoms in total. The molecule has 1 aliphatic heterocycles. The first kappa shape index (κ1) is 29.6. The second kappa shape index (κ2) is 12.4. The van der Waals surface area contributed by atoms with E-state index in [4.69, 9.17) is 24.3 Å². The first-order chi connectivity index (χ1) is 19.0. The van der Waals surface area contributed by atoms with Crippen LogP contribution >= 0.6 is 7.75 Å². The van der Waals surface area contributed by atoms with Gasteiger partial charge in [0.25, 0.3) is 0 Å². The number of esters is 1. The van der Waals surface area contributed by atoms with Gasteiger partial charge in [-0.3, -0.25) is 18.3 Å². The molecule has 1 aromatic carbocycles. The number of nitrogen functional groups attached to an aromatic ring is 1. The summed E-state index contributed by atoms with van der Waals surface area (Å²) in [6, 6.07) is 7.13. The monoisotopic (exact) mass is 581 g/mol. The Bertz CT molecular complexity index is 1360. The number of anilines is 2. The molecule has 4 rings (SSSR count). The predicted octanol–water partition coefficient (Wildman–Crippen LogP) is 2.43. The molecular formula is C24H33FN7O7P. The molecule has 1 saturated heterocycles. The van der Waals surface area contributed by atoms with Crippen molar-refractivity contribution >= 4 is 36.6 Å². The second-order valence-electron chi connectivity index (χ2n) is 9.41. The van der Waals surface area contributed by atoms with E-state index in [0.717, 1.165) is 0 Å². The number of fused-ring (bicyclic) bond motifs is 1. The minimum atomic E-state index is -4.24. The first-order valence-corrected chi connectivity index (χ1v) is 14.1. The number of rotatable bonds is 12. The van der Waals surface area contributed by atoms with Gasteiger partial charge in [0, 0.05) is 7.05 Å². The highest BCUT2D eigenvalue weighted by Crippen LogP contribution is 2.46. The van der Waals surface area contributed by atoms with Gasteiger partial charge in [-0.05, 0) is 32.9 Å². The highest BCUT2D eigenvalue weighted by Gasteiger charge is 2.47. The summed E-state index contributed by atoms with van der Waals surface area (Å²) in [6.07, 6.45) is -2.54. The number of nitrogens with one attached hydrogen (secondary N) is 2. The van der Waals surface area contributed by atoms with Crippen LogP contribution in [0.1, 0.15) is 27.0 Å². The van der Waals surface area contributed by atoms with Crippen LogP contribution in [0.5, 0.6) is 5.75 Å². The maximum Gasteiger partial charge on any atom is 0.459 e. The molecule has 0 aliphatic carbocycles. The summed E-state index contributed by atoms with van der Waals surface area (Å²) in [7, 11) is -2.60. The summed E-state index contributed by atoms with van der Waals surface area (Å²) in [5, 5.41) is 16.4. The van der Waals surface area contributed by atoms with Gasteiger partial charge in [0.15, 0.2) is 17.0 Å². The van der Waals surface area contributed by atoms with Crippen molar-refractivity contribution in [2.24, 2.45) is 5.92 Å². The highest BCUT2D eigenvalue weighted by atomic mass is 31.2. The number of aliphatic hydroxyl groups is 1. The van der Waals surface area contributed by atoms with Gasteiger partial charge >= 0.3 is 13.7 Å². The molecule has 5 N–H and O–H groups in total. The molecule has 6 atom stereocenters. The number of alkyl halides is 1. The van der Waals surface area contributed by atoms with E-state index < -0.39 is 63.5 Å². The Kier molecular flexibility index (Phi) is 9.21. The van der Waals surface area contributed by atoms with E-state index in [1.54, 1.807) is 51.2 Å². The number of carbonyl (C=O) groups excluding carboxylic acids is 1. The molecule has 0 bridgehead atoms. The maximum absolute atomic E-state index is 14.2. The van der Waals surface area contributed by atoms with Gasteiger partial charge in [0.2, 0.25) is 5.95 Å². The zero-order valence-electron chi connectivity index (χ0n) is 22.4. The number of aromatic nitrogens is 4. The summed E-state index contributed by atoms with van der Waals surface area (Å²) in [5.41, 5.74) is 6.47. The summed E-state index contributed by atoms with van der Waals surface area (Å²) in [4.78, 5) is 24.9. The molecule has 40 heavy (non-hydrogen) atoms. The lowest BCUT2D eigenvalue weighted by molar-refractivity contribution is -0.149. The van der Waals surface area contributed by atoms with E-state index in [1.165, 1.54) is 17.8 Å². The third-order valence-electron chi connectivity index (χ3n) is 6.06. The van der Waals surface area contributed by atoms with Crippen LogP contribution in [0.25, 0.3) is 11.2 Å². The quantitative estimate of drug-likeness (QED) is 0.181. The molecule has 0 saturated carbocycles. The number of hydrogen-bond acceptors (Lipinski definition) is 12. The summed E-state index contributed by atoms with van der Waals surface area (Å²) < 4.78 is 51.8. The number of aliphatic hydroxyl groups excluding tert-OH is 1. The Hall–Kier alpha value is -3.36. The number of carbonyl (C=O) groups is 1. The zero-order valence-corrected chi connectivity index (χ0v) is 23.3. The number of nitrogens with zero attached hydrogens (tertiary/aromatic N) is 4. The molecule has 1 unspecified atom stereocenters. The topological polar surface area (TPSA) is 185 Å². The highest BCUT2D eigenvalue weighted by molar-refractivity contribution is 7.52. The number of nitrogens with two attached hydrogens (primary N) is 1. The molecule has 0 radical (unpaired) electrons. The molecule has 218 valence electrons. The van der Waals surface area contributed by atoms with Gasteiger partial charge in [-0.25, -0.2) is 9.55 Å². The molecule has 2 aromatic heterocycles. The maximum atomic E-state index is 14.2. The van der Waals surface area contributed by atoms with Crippen LogP contribution in [0.15, 0.2) is 36.7 Å². The number of hydrogen-bond donors (Lipinski definition) is 4. The Labute approximate surface area is 230 Å². The number of ether oxygens (including phenoxy) is 2. The van der Waals surface area contributed by atoms with Crippen molar-refractivity contribution < 1.29 is 37.4 Å². The zero-order chi connectivity index (χ0) is 29.0. The lowest BCUT2D eigenvalue weighted by Crippen LogP contribution is -2.37. The number of para-hydroxylation sites is 1. The van der Waals surface area contributed by atoms with Crippen molar-refractivity contribution in [1.82, 2.24) is 24.6 Å². The molecule has 3 heterocycles. The second-order valence-corrected chi connectivity index (χ2v) is 11.1. The van der Waals surface area contributed by atoms with Crippen molar-refractivity contribution in [3.8, 4) is 5.75 Å². The van der Waals surface area contributed by atoms with Crippen LogP contribution < -0.4 is 20.7 Å². The van der Waals surface area contributed by atoms with Gasteiger partial charge < -0.3 is 30.2 Å². The fourth-order valence-corrected chi connectivity index (χ4v) is 5.68. The number of halogens is 1. The van der Waals surface area contributed by atoms with Crippen LogP contribution in [-0.2, 0) is 23.4 Å². The van der Waals surface area contributed by atoms with Crippen molar-refractivity contribution in [3.63, 3.8) is 0 Å². The molecule has 1 aliphatic rings. The van der Waals surface area contributed by atoms with E-state index in [0.29, 0.717) is 11.3 Å². The summed E-state index contributed by atoms with van der Waals surface area (Å²) in [6.45, 7) is 3.39.